The Morgan fingerprint density at radius 3 is 2.45 bits per heavy atom. The van der Waals surface area contributed by atoms with E-state index in [2.05, 4.69) is 0 Å². The number of hydrogen-bond acceptors (Lipinski definition) is 12. The summed E-state index contributed by atoms with van der Waals surface area (Å²) in [5.74, 6) is -1.29. The summed E-state index contributed by atoms with van der Waals surface area (Å²) in [6.07, 6.45) is -6.62. The average molecular weight is 565 g/mol. The van der Waals surface area contributed by atoms with Gasteiger partial charge in [0.15, 0.2) is 5.88 Å². The van der Waals surface area contributed by atoms with Gasteiger partial charge < -0.3 is 61.0 Å². The van der Waals surface area contributed by atoms with Gasteiger partial charge in [-0.15, -0.1) is 0 Å². The third-order valence-electron chi connectivity index (χ3n) is 9.44. The van der Waals surface area contributed by atoms with E-state index in [0.717, 1.165) is 0 Å². The van der Waals surface area contributed by atoms with E-state index in [0.29, 0.717) is 29.6 Å². The quantitative estimate of drug-likeness (QED) is 0.213. The van der Waals surface area contributed by atoms with Crippen LogP contribution in [0.2, 0.25) is 0 Å². The molecule has 0 spiro atoms. The van der Waals surface area contributed by atoms with E-state index in [4.69, 9.17) is 15.2 Å². The molecular formula is C28H40N2O10. The van der Waals surface area contributed by atoms with Crippen molar-refractivity contribution in [2.24, 2.45) is 17.6 Å². The van der Waals surface area contributed by atoms with E-state index >= 15 is 0 Å². The molecule has 1 aromatic carbocycles. The van der Waals surface area contributed by atoms with Crippen molar-refractivity contribution in [3.8, 4) is 5.75 Å². The summed E-state index contributed by atoms with van der Waals surface area (Å²) in [4.78, 5) is 1.98. The maximum absolute atomic E-state index is 12.0. The van der Waals surface area contributed by atoms with Gasteiger partial charge in [0.1, 0.15) is 35.9 Å². The first-order valence-corrected chi connectivity index (χ1v) is 13.5. The molecule has 0 amide bonds. The van der Waals surface area contributed by atoms with E-state index in [1.807, 2.05) is 19.0 Å². The molecule has 10 atom stereocenters. The standard InChI is InChI=1S/C28H40N2O10/c1-27(37)14-5-4-6-18(39-26-24(35)23(34)22(33)19(11-31)40-26)20(14)21(32)13-10-28(38)9-12(25(29)36)7-17(30(2)3)16(28)8-15(13)27/h4-6,15-17,19,22-24,26,31-38H,7-11,29H2,1-3H3/b25-12-/t15-,16-,17-,19+,22-,23-,24+,26+,27+,28+/m0/s1. The largest absolute Gasteiger partial charge is 0.507 e. The van der Waals surface area contributed by atoms with Gasteiger partial charge in [-0.2, -0.15) is 0 Å². The first-order valence-electron chi connectivity index (χ1n) is 13.5. The van der Waals surface area contributed by atoms with Gasteiger partial charge in [-0.1, -0.05) is 12.1 Å². The fraction of sp³-hybridized carbons (Fsp3) is 0.643. The molecule has 1 aromatic rings. The second-order valence-electron chi connectivity index (χ2n) is 12.1. The third kappa shape index (κ3) is 4.47. The number of aliphatic hydroxyl groups excluding tert-OH is 6. The van der Waals surface area contributed by atoms with Crippen molar-refractivity contribution in [2.45, 2.75) is 80.6 Å². The van der Waals surface area contributed by atoms with Crippen molar-refractivity contribution in [3.05, 3.63) is 46.4 Å². The lowest BCUT2D eigenvalue weighted by Gasteiger charge is -2.56. The Morgan fingerprint density at radius 2 is 1.82 bits per heavy atom. The molecule has 12 nitrogen and oxygen atoms in total. The zero-order valence-electron chi connectivity index (χ0n) is 22.8. The van der Waals surface area contributed by atoms with Crippen LogP contribution in [0, 0.1) is 11.8 Å². The van der Waals surface area contributed by atoms with E-state index < -0.39 is 54.4 Å². The van der Waals surface area contributed by atoms with Gasteiger partial charge in [-0.05, 0) is 56.6 Å². The van der Waals surface area contributed by atoms with Gasteiger partial charge in [0.05, 0.1) is 23.4 Å². The number of aliphatic hydroxyl groups is 8. The molecule has 3 fully saturated rings. The maximum Gasteiger partial charge on any atom is 0.229 e. The lowest BCUT2D eigenvalue weighted by molar-refractivity contribution is -0.277. The van der Waals surface area contributed by atoms with Gasteiger partial charge >= 0.3 is 0 Å². The normalized spacial score (nSPS) is 42.6. The van der Waals surface area contributed by atoms with Gasteiger partial charge in [0, 0.05) is 30.7 Å². The summed E-state index contributed by atoms with van der Waals surface area (Å²) >= 11 is 0. The van der Waals surface area contributed by atoms with Crippen LogP contribution in [-0.2, 0) is 10.3 Å². The Bertz CT molecular complexity index is 1210. The highest BCUT2D eigenvalue weighted by molar-refractivity contribution is 5.75. The minimum absolute atomic E-state index is 0.0132. The highest BCUT2D eigenvalue weighted by atomic mass is 16.7. The molecule has 1 saturated heterocycles. The highest BCUT2D eigenvalue weighted by Crippen LogP contribution is 2.59. The number of rotatable bonds is 4. The number of nitrogens with two attached hydrogens (primary N) is 1. The molecule has 3 aliphatic carbocycles. The summed E-state index contributed by atoms with van der Waals surface area (Å²) in [6.45, 7) is 1.02. The first kappa shape index (κ1) is 29.1. The lowest BCUT2D eigenvalue weighted by atomic mass is 9.54. The summed E-state index contributed by atoms with van der Waals surface area (Å²) in [6, 6.07) is 4.63. The maximum atomic E-state index is 12.0. The molecule has 2 saturated carbocycles. The molecular weight excluding hydrogens is 524 g/mol. The van der Waals surface area contributed by atoms with Crippen LogP contribution in [0.4, 0.5) is 0 Å². The van der Waals surface area contributed by atoms with Crippen molar-refractivity contribution < 1.29 is 50.3 Å². The minimum atomic E-state index is -1.67. The molecule has 10 N–H and O–H groups in total. The second kappa shape index (κ2) is 10.1. The van der Waals surface area contributed by atoms with Crippen molar-refractivity contribution in [1.29, 1.82) is 0 Å². The number of nitrogens with zero attached hydrogens (tertiary/aromatic N) is 1. The van der Waals surface area contributed by atoms with Crippen LogP contribution in [0.1, 0.15) is 43.7 Å². The predicted molar refractivity (Wildman–Crippen MR) is 142 cm³/mol. The molecule has 1 aliphatic heterocycles. The van der Waals surface area contributed by atoms with Crippen molar-refractivity contribution in [3.63, 3.8) is 0 Å². The number of ether oxygens (including phenoxy) is 2. The monoisotopic (exact) mass is 564 g/mol. The highest BCUT2D eigenvalue weighted by Gasteiger charge is 2.58. The molecule has 222 valence electrons. The summed E-state index contributed by atoms with van der Waals surface area (Å²) < 4.78 is 11.4. The van der Waals surface area contributed by atoms with E-state index in [1.54, 1.807) is 19.1 Å². The molecule has 0 unspecified atom stereocenters. The minimum Gasteiger partial charge on any atom is -0.507 e. The molecule has 0 radical (unpaired) electrons. The van der Waals surface area contributed by atoms with Gasteiger partial charge in [0.2, 0.25) is 6.29 Å². The number of fused-ring (bicyclic) bond motifs is 3. The first-order chi connectivity index (χ1) is 18.7. The lowest BCUT2D eigenvalue weighted by Crippen LogP contribution is -2.60. The Morgan fingerprint density at radius 1 is 1.12 bits per heavy atom. The predicted octanol–water partition coefficient (Wildman–Crippen LogP) is -0.435. The Kier molecular flexibility index (Phi) is 7.37. The fourth-order valence-corrected chi connectivity index (χ4v) is 7.23. The Labute approximate surface area is 232 Å². The van der Waals surface area contributed by atoms with Crippen molar-refractivity contribution >= 4 is 5.76 Å². The average Bonchev–Trinajstić information content (AvgIpc) is 2.90. The second-order valence-corrected chi connectivity index (χ2v) is 12.1. The number of hydrogen-bond donors (Lipinski definition) is 9. The zero-order valence-corrected chi connectivity index (χ0v) is 22.8. The van der Waals surface area contributed by atoms with Crippen molar-refractivity contribution in [2.75, 3.05) is 20.7 Å². The SMILES string of the molecule is CN(C)[C@H]1C/C(=C(\N)O)C[C@@]2(O)CC3=C(O)c4c(O[C@@H]5O[C@H](CO)[C@H](O)[C@H](O)[C@H]5O)cccc4[C@@](C)(O)[C@H]3C[C@@H]12. The molecule has 4 aliphatic rings. The Balaban J connectivity index is 1.56. The summed E-state index contributed by atoms with van der Waals surface area (Å²) in [5.41, 5.74) is 4.40. The summed E-state index contributed by atoms with van der Waals surface area (Å²) in [7, 11) is 3.78. The van der Waals surface area contributed by atoms with Gasteiger partial charge in [-0.3, -0.25) is 0 Å². The van der Waals surface area contributed by atoms with Gasteiger partial charge in [0.25, 0.3) is 0 Å². The smallest absolute Gasteiger partial charge is 0.229 e. The van der Waals surface area contributed by atoms with Crippen LogP contribution in [0.15, 0.2) is 35.2 Å². The number of benzene rings is 1. The van der Waals surface area contributed by atoms with Crippen LogP contribution < -0.4 is 10.5 Å². The molecule has 0 aromatic heterocycles. The fourth-order valence-electron chi connectivity index (χ4n) is 7.23. The molecule has 40 heavy (non-hydrogen) atoms. The van der Waals surface area contributed by atoms with E-state index in [9.17, 15) is 40.9 Å². The van der Waals surface area contributed by atoms with Crippen LogP contribution in [0.3, 0.4) is 0 Å². The van der Waals surface area contributed by atoms with Crippen molar-refractivity contribution in [1.82, 2.24) is 4.90 Å². The molecule has 12 heteroatoms. The van der Waals surface area contributed by atoms with E-state index in [-0.39, 0.29) is 47.8 Å². The summed E-state index contributed by atoms with van der Waals surface area (Å²) in [5, 5.41) is 86.0. The molecule has 0 bridgehead atoms. The topological polar surface area (TPSA) is 210 Å². The molecule has 5 rings (SSSR count). The Hall–Kier alpha value is -2.42. The van der Waals surface area contributed by atoms with Crippen LogP contribution in [0.25, 0.3) is 5.76 Å². The third-order valence-corrected chi connectivity index (χ3v) is 9.44. The molecule has 1 heterocycles. The van der Waals surface area contributed by atoms with Crippen LogP contribution in [0.5, 0.6) is 5.75 Å². The van der Waals surface area contributed by atoms with Crippen LogP contribution in [-0.4, -0.2) is 109 Å². The van der Waals surface area contributed by atoms with Gasteiger partial charge in [-0.25, -0.2) is 0 Å². The zero-order chi connectivity index (χ0) is 29.3. The van der Waals surface area contributed by atoms with E-state index in [1.165, 1.54) is 6.07 Å². The van der Waals surface area contributed by atoms with Crippen LogP contribution >= 0.6 is 0 Å².